The van der Waals surface area contributed by atoms with Crippen LogP contribution in [0, 0.1) is 18.3 Å². The maximum atomic E-state index is 14.4. The van der Waals surface area contributed by atoms with Gasteiger partial charge in [0.1, 0.15) is 17.4 Å². The van der Waals surface area contributed by atoms with Crippen LogP contribution in [-0.4, -0.2) is 16.7 Å². The van der Waals surface area contributed by atoms with E-state index in [1.165, 1.54) is 29.5 Å². The fourth-order valence-corrected chi connectivity index (χ4v) is 4.11. The molecule has 0 atom stereocenters. The average Bonchev–Trinajstić information content (AvgIpc) is 3.33. The molecule has 1 aliphatic carbocycles. The number of aromatic nitrogens is 2. The van der Waals surface area contributed by atoms with E-state index in [0.29, 0.717) is 39.9 Å². The average molecular weight is 429 g/mol. The highest BCUT2D eigenvalue weighted by Crippen LogP contribution is 2.32. The van der Waals surface area contributed by atoms with Crippen molar-refractivity contribution in [2.24, 2.45) is 13.0 Å². The zero-order valence-electron chi connectivity index (χ0n) is 18.1. The maximum absolute atomic E-state index is 14.4. The van der Waals surface area contributed by atoms with Crippen LogP contribution in [-0.2, 0) is 7.05 Å². The van der Waals surface area contributed by atoms with Crippen LogP contribution in [0.4, 0.5) is 10.1 Å². The summed E-state index contributed by atoms with van der Waals surface area (Å²) >= 11 is 0. The number of rotatable bonds is 5. The van der Waals surface area contributed by atoms with Crippen molar-refractivity contribution in [2.75, 3.05) is 7.11 Å². The molecule has 1 heterocycles. The summed E-state index contributed by atoms with van der Waals surface area (Å²) in [5.41, 5.74) is 1.59. The molecule has 5 nitrogen and oxygen atoms in total. The van der Waals surface area contributed by atoms with Crippen LogP contribution in [0.3, 0.4) is 0 Å². The maximum Gasteiger partial charge on any atom is 0.262 e. The van der Waals surface area contributed by atoms with E-state index in [-0.39, 0.29) is 11.2 Å². The van der Waals surface area contributed by atoms with Crippen molar-refractivity contribution in [3.8, 4) is 28.1 Å². The van der Waals surface area contributed by atoms with Crippen molar-refractivity contribution in [1.82, 2.24) is 9.55 Å². The van der Waals surface area contributed by atoms with E-state index in [1.54, 1.807) is 44.5 Å². The van der Waals surface area contributed by atoms with Crippen LogP contribution in [0.1, 0.15) is 31.5 Å². The predicted molar refractivity (Wildman–Crippen MR) is 124 cm³/mol. The third-order valence-corrected chi connectivity index (χ3v) is 5.96. The molecule has 1 aromatic heterocycles. The summed E-state index contributed by atoms with van der Waals surface area (Å²) in [5, 5.41) is 0. The lowest BCUT2D eigenvalue weighted by molar-refractivity contribution is 0.415. The van der Waals surface area contributed by atoms with E-state index in [0.717, 1.165) is 12.8 Å². The first-order chi connectivity index (χ1) is 15.5. The third kappa shape index (κ3) is 4.19. The van der Waals surface area contributed by atoms with Gasteiger partial charge in [-0.15, -0.1) is 0 Å². The fourth-order valence-electron chi connectivity index (χ4n) is 4.11. The molecule has 1 fully saturated rings. The molecule has 0 N–H and O–H groups in total. The Hall–Kier alpha value is -3.72. The van der Waals surface area contributed by atoms with E-state index >= 15 is 0 Å². The summed E-state index contributed by atoms with van der Waals surface area (Å²) in [4.78, 5) is 21.4. The van der Waals surface area contributed by atoms with E-state index in [1.807, 2.05) is 6.08 Å². The van der Waals surface area contributed by atoms with Gasteiger partial charge in [-0.05, 0) is 48.6 Å². The third-order valence-electron chi connectivity index (χ3n) is 5.96. The second kappa shape index (κ2) is 9.19. The molecule has 1 saturated carbocycles. The SMILES string of the molecule is [C-]#[N+]c1ccc(-c2nc(/C=C/C3CCCC3)n(C)c(=O)c2-c2ccc(OC)cc2)cc1F. The molecule has 3 aromatic rings. The molecule has 0 unspecified atom stereocenters. The minimum Gasteiger partial charge on any atom is -0.497 e. The summed E-state index contributed by atoms with van der Waals surface area (Å²) < 4.78 is 21.2. The Morgan fingerprint density at radius 3 is 2.47 bits per heavy atom. The van der Waals surface area contributed by atoms with Crippen molar-refractivity contribution in [3.63, 3.8) is 0 Å². The highest BCUT2D eigenvalue weighted by atomic mass is 19.1. The van der Waals surface area contributed by atoms with Gasteiger partial charge in [0, 0.05) is 12.6 Å². The first-order valence-corrected chi connectivity index (χ1v) is 10.6. The fraction of sp³-hybridized carbons (Fsp3) is 0.269. The van der Waals surface area contributed by atoms with Gasteiger partial charge >= 0.3 is 0 Å². The molecule has 0 spiro atoms. The number of hydrogen-bond acceptors (Lipinski definition) is 3. The van der Waals surface area contributed by atoms with E-state index in [2.05, 4.69) is 10.9 Å². The Morgan fingerprint density at radius 1 is 1.16 bits per heavy atom. The topological polar surface area (TPSA) is 48.5 Å². The number of halogens is 1. The second-order valence-electron chi connectivity index (χ2n) is 7.97. The number of allylic oxidation sites excluding steroid dienone is 1. The van der Waals surface area contributed by atoms with Gasteiger partial charge < -0.3 is 4.74 Å². The summed E-state index contributed by atoms with van der Waals surface area (Å²) in [5.74, 6) is 1.04. The molecule has 6 heteroatoms. The highest BCUT2D eigenvalue weighted by molar-refractivity contribution is 5.81. The van der Waals surface area contributed by atoms with Crippen LogP contribution in [0.2, 0.25) is 0 Å². The normalized spacial score (nSPS) is 14.1. The lowest BCUT2D eigenvalue weighted by atomic mass is 9.99. The lowest BCUT2D eigenvalue weighted by Crippen LogP contribution is -2.23. The Labute approximate surface area is 186 Å². The number of benzene rings is 2. The smallest absolute Gasteiger partial charge is 0.262 e. The van der Waals surface area contributed by atoms with Crippen molar-refractivity contribution in [2.45, 2.75) is 25.7 Å². The molecule has 2 aromatic carbocycles. The van der Waals surface area contributed by atoms with Gasteiger partial charge in [-0.3, -0.25) is 9.36 Å². The number of methoxy groups -OCH3 is 1. The van der Waals surface area contributed by atoms with Crippen molar-refractivity contribution < 1.29 is 9.13 Å². The van der Waals surface area contributed by atoms with Crippen molar-refractivity contribution in [1.29, 1.82) is 0 Å². The molecule has 162 valence electrons. The van der Waals surface area contributed by atoms with Gasteiger partial charge in [0.15, 0.2) is 0 Å². The lowest BCUT2D eigenvalue weighted by Gasteiger charge is -2.14. The number of ether oxygens (including phenoxy) is 1. The van der Waals surface area contributed by atoms with Gasteiger partial charge in [0.2, 0.25) is 5.69 Å². The summed E-state index contributed by atoms with van der Waals surface area (Å²) in [6.45, 7) is 7.10. The van der Waals surface area contributed by atoms with Gasteiger partial charge in [0.05, 0.1) is 24.9 Å². The van der Waals surface area contributed by atoms with Gasteiger partial charge in [-0.1, -0.05) is 43.2 Å². The highest BCUT2D eigenvalue weighted by Gasteiger charge is 2.19. The number of hydrogen-bond donors (Lipinski definition) is 0. The predicted octanol–water partition coefficient (Wildman–Crippen LogP) is 6.02. The molecule has 32 heavy (non-hydrogen) atoms. The van der Waals surface area contributed by atoms with Gasteiger partial charge in [-0.2, -0.15) is 0 Å². The molecule has 0 aliphatic heterocycles. The monoisotopic (exact) mass is 429 g/mol. The zero-order valence-corrected chi connectivity index (χ0v) is 18.1. The summed E-state index contributed by atoms with van der Waals surface area (Å²) in [6.07, 6.45) is 8.73. The standard InChI is InChI=1S/C26H24FN3O2/c1-28-22-14-11-19(16-21(22)27)25-24(18-9-12-20(32-3)13-10-18)26(31)30(2)23(29-25)15-8-17-6-4-5-7-17/h8-17H,4-7H2,2-3H3/b15-8+. The largest absolute Gasteiger partial charge is 0.497 e. The molecule has 4 rings (SSSR count). The molecule has 0 amide bonds. The first-order valence-electron chi connectivity index (χ1n) is 10.6. The van der Waals surface area contributed by atoms with Crippen LogP contribution < -0.4 is 10.3 Å². The molecule has 0 radical (unpaired) electrons. The molecular formula is C26H24FN3O2. The van der Waals surface area contributed by atoms with E-state index in [9.17, 15) is 9.18 Å². The van der Waals surface area contributed by atoms with Crippen molar-refractivity contribution in [3.05, 3.63) is 82.0 Å². The zero-order chi connectivity index (χ0) is 22.7. The van der Waals surface area contributed by atoms with Crippen LogP contribution in [0.5, 0.6) is 5.75 Å². The Morgan fingerprint density at radius 2 is 1.84 bits per heavy atom. The summed E-state index contributed by atoms with van der Waals surface area (Å²) in [7, 11) is 3.28. The van der Waals surface area contributed by atoms with Gasteiger partial charge in [-0.25, -0.2) is 14.2 Å². The first kappa shape index (κ1) is 21.5. The van der Waals surface area contributed by atoms with Crippen molar-refractivity contribution >= 4 is 11.8 Å². The summed E-state index contributed by atoms with van der Waals surface area (Å²) in [6, 6.07) is 11.5. The van der Waals surface area contributed by atoms with Gasteiger partial charge in [0.25, 0.3) is 5.56 Å². The van der Waals surface area contributed by atoms with Crippen LogP contribution >= 0.6 is 0 Å². The Bertz CT molecular complexity index is 1260. The minimum absolute atomic E-state index is 0.0649. The Kier molecular flexibility index (Phi) is 6.18. The Balaban J connectivity index is 1.91. The second-order valence-corrected chi connectivity index (χ2v) is 7.97. The number of nitrogens with zero attached hydrogens (tertiary/aromatic N) is 3. The van der Waals surface area contributed by atoms with Crippen LogP contribution in [0.15, 0.2) is 53.3 Å². The molecule has 0 bridgehead atoms. The van der Waals surface area contributed by atoms with Crippen LogP contribution in [0.25, 0.3) is 33.3 Å². The quantitative estimate of drug-likeness (QED) is 0.466. The molecule has 1 aliphatic rings. The van der Waals surface area contributed by atoms with E-state index in [4.69, 9.17) is 16.3 Å². The van der Waals surface area contributed by atoms with E-state index < -0.39 is 5.82 Å². The molecule has 0 saturated heterocycles. The minimum atomic E-state index is -0.635. The molecular weight excluding hydrogens is 405 g/mol.